The Bertz CT molecular complexity index is 838. The van der Waals surface area contributed by atoms with Crippen LogP contribution in [0.15, 0.2) is 42.5 Å². The molecule has 1 aliphatic rings. The van der Waals surface area contributed by atoms with Crippen molar-refractivity contribution in [3.63, 3.8) is 0 Å². The molecule has 0 spiro atoms. The van der Waals surface area contributed by atoms with Gasteiger partial charge in [-0.2, -0.15) is 0 Å². The number of fused-ring (bicyclic) bond motifs is 1. The fourth-order valence-electron chi connectivity index (χ4n) is 3.41. The molecule has 5 nitrogen and oxygen atoms in total. The second-order valence-corrected chi connectivity index (χ2v) is 7.00. The number of methoxy groups -OCH3 is 1. The quantitative estimate of drug-likeness (QED) is 0.803. The van der Waals surface area contributed by atoms with Gasteiger partial charge in [-0.25, -0.2) is 4.79 Å². The van der Waals surface area contributed by atoms with E-state index in [-0.39, 0.29) is 24.5 Å². The van der Waals surface area contributed by atoms with Crippen LogP contribution in [0.4, 0.5) is 5.69 Å². The van der Waals surface area contributed by atoms with Crippen LogP contribution >= 0.6 is 11.6 Å². The Morgan fingerprint density at radius 1 is 1.23 bits per heavy atom. The summed E-state index contributed by atoms with van der Waals surface area (Å²) >= 11 is 5.96. The number of rotatable bonds is 4. The molecule has 0 saturated carbocycles. The highest BCUT2D eigenvalue weighted by molar-refractivity contribution is 6.30. The van der Waals surface area contributed by atoms with Crippen LogP contribution in [-0.2, 0) is 27.3 Å². The smallest absolute Gasteiger partial charge is 0.365 e. The van der Waals surface area contributed by atoms with Crippen molar-refractivity contribution in [3.8, 4) is 0 Å². The molecule has 26 heavy (non-hydrogen) atoms. The monoisotopic (exact) mass is 373 g/mol. The third-order valence-electron chi connectivity index (χ3n) is 4.79. The Kier molecular flexibility index (Phi) is 5.59. The number of hydrogen-bond donors (Lipinski definition) is 2. The molecule has 2 N–H and O–H groups in total. The van der Waals surface area contributed by atoms with Gasteiger partial charge in [0.2, 0.25) is 0 Å². The van der Waals surface area contributed by atoms with Crippen molar-refractivity contribution in [3.05, 3.63) is 64.2 Å². The summed E-state index contributed by atoms with van der Waals surface area (Å²) in [5, 5.41) is 3.54. The van der Waals surface area contributed by atoms with Crippen molar-refractivity contribution < 1.29 is 19.2 Å². The molecule has 0 radical (unpaired) electrons. The van der Waals surface area contributed by atoms with Gasteiger partial charge >= 0.3 is 5.97 Å². The first-order valence-corrected chi connectivity index (χ1v) is 8.91. The normalized spacial score (nSPS) is 18.7. The molecule has 3 rings (SSSR count). The maximum atomic E-state index is 12.6. The largest absolute Gasteiger partial charge is 0.465 e. The van der Waals surface area contributed by atoms with Crippen molar-refractivity contribution in [1.29, 1.82) is 0 Å². The zero-order valence-electron chi connectivity index (χ0n) is 14.8. The number of nitrogens with one attached hydrogen (secondary N) is 2. The molecule has 2 atom stereocenters. The van der Waals surface area contributed by atoms with Crippen molar-refractivity contribution in [1.82, 2.24) is 0 Å². The van der Waals surface area contributed by atoms with E-state index in [1.54, 1.807) is 18.2 Å². The Morgan fingerprint density at radius 3 is 2.65 bits per heavy atom. The molecule has 1 aliphatic heterocycles. The number of quaternary nitrogens is 1. The summed E-state index contributed by atoms with van der Waals surface area (Å²) in [5.41, 5.74) is 3.93. The summed E-state index contributed by atoms with van der Waals surface area (Å²) in [7, 11) is 1.39. The fraction of sp³-hybridized carbons (Fsp3) is 0.300. The summed E-state index contributed by atoms with van der Waals surface area (Å²) in [6.07, 6.45) is 0.575. The van der Waals surface area contributed by atoms with Crippen molar-refractivity contribution in [2.24, 2.45) is 0 Å². The maximum Gasteiger partial charge on any atom is 0.365 e. The second kappa shape index (κ2) is 7.89. The molecule has 2 aromatic rings. The van der Waals surface area contributed by atoms with E-state index in [1.807, 2.05) is 31.2 Å². The molecule has 1 heterocycles. The molecule has 0 saturated heterocycles. The summed E-state index contributed by atoms with van der Waals surface area (Å²) in [4.78, 5) is 25.7. The number of amides is 1. The molecule has 1 amide bonds. The molecule has 0 fully saturated rings. The Labute approximate surface area is 157 Å². The van der Waals surface area contributed by atoms with Gasteiger partial charge in [0.1, 0.15) is 6.54 Å². The van der Waals surface area contributed by atoms with Crippen LogP contribution in [0, 0.1) is 6.92 Å². The van der Waals surface area contributed by atoms with E-state index in [2.05, 4.69) is 5.32 Å². The van der Waals surface area contributed by atoms with Gasteiger partial charge in [-0.15, -0.1) is 0 Å². The van der Waals surface area contributed by atoms with E-state index in [4.69, 9.17) is 16.3 Å². The number of aryl methyl sites for hydroxylation is 1. The summed E-state index contributed by atoms with van der Waals surface area (Å²) < 4.78 is 4.96. The lowest BCUT2D eigenvalue weighted by Gasteiger charge is -2.31. The first kappa shape index (κ1) is 18.4. The number of esters is 1. The summed E-state index contributed by atoms with van der Waals surface area (Å²) in [5.74, 6) is -0.427. The molecule has 0 bridgehead atoms. The van der Waals surface area contributed by atoms with Crippen molar-refractivity contribution >= 4 is 29.2 Å². The van der Waals surface area contributed by atoms with Gasteiger partial charge in [-0.3, -0.25) is 4.79 Å². The third-order valence-corrected chi connectivity index (χ3v) is 5.02. The fourth-order valence-corrected chi connectivity index (χ4v) is 3.63. The van der Waals surface area contributed by atoms with E-state index in [0.717, 1.165) is 27.3 Å². The lowest BCUT2D eigenvalue weighted by atomic mass is 9.94. The first-order valence-electron chi connectivity index (χ1n) is 8.53. The van der Waals surface area contributed by atoms with Gasteiger partial charge in [0.05, 0.1) is 7.11 Å². The number of benzene rings is 2. The minimum Gasteiger partial charge on any atom is -0.465 e. The number of hydrogen-bond acceptors (Lipinski definition) is 3. The van der Waals surface area contributed by atoms with Crippen LogP contribution in [-0.4, -0.2) is 31.6 Å². The van der Waals surface area contributed by atoms with E-state index in [1.165, 1.54) is 7.11 Å². The SMILES string of the molecule is COC(=O)[C@@H]1Cc2ccccc2C[NH+]1CC(=O)Nc1ccc(Cl)cc1C. The van der Waals surface area contributed by atoms with Gasteiger partial charge in [-0.1, -0.05) is 35.9 Å². The Balaban J connectivity index is 1.75. The predicted octanol–water partition coefficient (Wildman–Crippen LogP) is 1.77. The standard InChI is InChI=1S/C20H21ClN2O3/c1-13-9-16(21)7-8-17(13)22-19(24)12-23-11-15-6-4-3-5-14(15)10-18(23)20(25)26-2/h3-9,18H,10-12H2,1-2H3,(H,22,24)/p+1/t18-/m0/s1. The van der Waals surface area contributed by atoms with Crippen molar-refractivity contribution in [2.45, 2.75) is 25.9 Å². The van der Waals surface area contributed by atoms with Crippen LogP contribution in [0.5, 0.6) is 0 Å². The average Bonchev–Trinajstić information content (AvgIpc) is 2.63. The Hall–Kier alpha value is -2.37. The molecular weight excluding hydrogens is 352 g/mol. The van der Waals surface area contributed by atoms with E-state index < -0.39 is 0 Å². The van der Waals surface area contributed by atoms with Crippen LogP contribution in [0.3, 0.4) is 0 Å². The van der Waals surface area contributed by atoms with Crippen LogP contribution in [0.1, 0.15) is 16.7 Å². The number of carbonyl (C=O) groups is 2. The lowest BCUT2D eigenvalue weighted by molar-refractivity contribution is -0.924. The van der Waals surface area contributed by atoms with Gasteiger partial charge in [-0.05, 0) is 36.2 Å². The first-order chi connectivity index (χ1) is 12.5. The van der Waals surface area contributed by atoms with Gasteiger partial charge in [0.25, 0.3) is 5.91 Å². The number of ether oxygens (including phenoxy) is 1. The van der Waals surface area contributed by atoms with Crippen LogP contribution in [0.25, 0.3) is 0 Å². The zero-order valence-corrected chi connectivity index (χ0v) is 15.6. The maximum absolute atomic E-state index is 12.6. The molecule has 136 valence electrons. The Morgan fingerprint density at radius 2 is 1.96 bits per heavy atom. The van der Waals surface area contributed by atoms with Gasteiger partial charge in [0.15, 0.2) is 12.6 Å². The highest BCUT2D eigenvalue weighted by atomic mass is 35.5. The summed E-state index contributed by atoms with van der Waals surface area (Å²) in [6.45, 7) is 2.70. The highest BCUT2D eigenvalue weighted by Gasteiger charge is 2.37. The lowest BCUT2D eigenvalue weighted by Crippen LogP contribution is -3.17. The molecule has 0 aliphatic carbocycles. The van der Waals surface area contributed by atoms with Crippen molar-refractivity contribution in [2.75, 3.05) is 19.0 Å². The minimum absolute atomic E-state index is 0.140. The minimum atomic E-state index is -0.382. The molecule has 2 aromatic carbocycles. The average molecular weight is 374 g/mol. The molecule has 1 unspecified atom stereocenters. The molecule has 0 aromatic heterocycles. The van der Waals surface area contributed by atoms with E-state index >= 15 is 0 Å². The number of anilines is 1. The summed E-state index contributed by atoms with van der Waals surface area (Å²) in [6, 6.07) is 13.0. The van der Waals surface area contributed by atoms with E-state index in [9.17, 15) is 9.59 Å². The predicted molar refractivity (Wildman–Crippen MR) is 100 cm³/mol. The van der Waals surface area contributed by atoms with Crippen LogP contribution in [0.2, 0.25) is 5.02 Å². The number of carbonyl (C=O) groups excluding carboxylic acids is 2. The highest BCUT2D eigenvalue weighted by Crippen LogP contribution is 2.19. The van der Waals surface area contributed by atoms with Crippen LogP contribution < -0.4 is 10.2 Å². The third kappa shape index (κ3) is 4.06. The second-order valence-electron chi connectivity index (χ2n) is 6.57. The van der Waals surface area contributed by atoms with Gasteiger partial charge in [0, 0.05) is 22.7 Å². The van der Waals surface area contributed by atoms with E-state index in [0.29, 0.717) is 18.0 Å². The molecular formula is C20H22ClN2O3+. The topological polar surface area (TPSA) is 59.8 Å². The van der Waals surface area contributed by atoms with Gasteiger partial charge < -0.3 is 15.0 Å². The zero-order chi connectivity index (χ0) is 18.7. The number of halogens is 1. The molecule has 6 heteroatoms.